The van der Waals surface area contributed by atoms with Crippen molar-refractivity contribution in [3.63, 3.8) is 0 Å². The number of sulfonamides is 1. The van der Waals surface area contributed by atoms with E-state index in [0.29, 0.717) is 34.1 Å². The Bertz CT molecular complexity index is 1160. The van der Waals surface area contributed by atoms with Crippen molar-refractivity contribution in [2.75, 3.05) is 15.8 Å². The molecule has 8 heteroatoms. The van der Waals surface area contributed by atoms with E-state index in [-0.39, 0.29) is 10.8 Å². The summed E-state index contributed by atoms with van der Waals surface area (Å²) in [4.78, 5) is 13.4. The van der Waals surface area contributed by atoms with E-state index in [0.717, 1.165) is 4.90 Å². The Morgan fingerprint density at radius 2 is 1.65 bits per heavy atom. The van der Waals surface area contributed by atoms with Crippen LogP contribution in [0.4, 0.5) is 11.4 Å². The maximum atomic E-state index is 12.7. The highest BCUT2D eigenvalue weighted by Gasteiger charge is 2.16. The van der Waals surface area contributed by atoms with Gasteiger partial charge in [0, 0.05) is 27.8 Å². The first kappa shape index (κ1) is 23.2. The van der Waals surface area contributed by atoms with Crippen molar-refractivity contribution in [2.24, 2.45) is 0 Å². The highest BCUT2D eigenvalue weighted by molar-refractivity contribution is 7.99. The molecule has 0 aromatic heterocycles. The largest absolute Gasteiger partial charge is 0.326 e. The molecule has 3 aromatic carbocycles. The Morgan fingerprint density at radius 3 is 2.32 bits per heavy atom. The van der Waals surface area contributed by atoms with Crippen molar-refractivity contribution >= 4 is 50.7 Å². The van der Waals surface area contributed by atoms with E-state index in [4.69, 9.17) is 11.6 Å². The first-order chi connectivity index (χ1) is 14.7. The lowest BCUT2D eigenvalue weighted by Crippen LogP contribution is -2.15. The molecule has 31 heavy (non-hydrogen) atoms. The number of thioether (sulfide) groups is 1. The highest BCUT2D eigenvalue weighted by atomic mass is 35.5. The van der Waals surface area contributed by atoms with Gasteiger partial charge in [-0.1, -0.05) is 35.4 Å². The number of rotatable bonds is 8. The minimum atomic E-state index is -3.77. The van der Waals surface area contributed by atoms with Gasteiger partial charge in [-0.15, -0.1) is 11.8 Å². The summed E-state index contributed by atoms with van der Waals surface area (Å²) in [5.41, 5.74) is 2.82. The van der Waals surface area contributed by atoms with Gasteiger partial charge in [0.05, 0.1) is 10.6 Å². The second-order valence-corrected chi connectivity index (χ2v) is 10.3. The van der Waals surface area contributed by atoms with Gasteiger partial charge in [-0.3, -0.25) is 9.52 Å². The average Bonchev–Trinajstić information content (AvgIpc) is 2.73. The molecule has 162 valence electrons. The van der Waals surface area contributed by atoms with Gasteiger partial charge >= 0.3 is 0 Å². The van der Waals surface area contributed by atoms with Crippen molar-refractivity contribution in [2.45, 2.75) is 30.1 Å². The second-order valence-electron chi connectivity index (χ2n) is 7.00. The topological polar surface area (TPSA) is 75.3 Å². The van der Waals surface area contributed by atoms with Crippen LogP contribution in [-0.4, -0.2) is 20.1 Å². The summed E-state index contributed by atoms with van der Waals surface area (Å²) in [6.45, 7) is 3.78. The monoisotopic (exact) mass is 474 g/mol. The molecule has 0 heterocycles. The number of hydrogen-bond acceptors (Lipinski definition) is 4. The molecular weight excluding hydrogens is 452 g/mol. The molecule has 2 N–H and O–H groups in total. The van der Waals surface area contributed by atoms with Crippen LogP contribution < -0.4 is 10.0 Å². The lowest BCUT2D eigenvalue weighted by molar-refractivity contribution is -0.115. The maximum Gasteiger partial charge on any atom is 0.261 e. The van der Waals surface area contributed by atoms with Crippen LogP contribution in [0.15, 0.2) is 76.5 Å². The van der Waals surface area contributed by atoms with Crippen LogP contribution >= 0.6 is 23.4 Å². The number of carbonyl (C=O) groups excluding carboxylic acids is 1. The fraction of sp³-hybridized carbons (Fsp3) is 0.174. The Labute approximate surface area is 192 Å². The van der Waals surface area contributed by atoms with Gasteiger partial charge in [-0.2, -0.15) is 0 Å². The summed E-state index contributed by atoms with van der Waals surface area (Å²) < 4.78 is 27.9. The first-order valence-corrected chi connectivity index (χ1v) is 12.5. The molecule has 0 aliphatic carbocycles. The number of hydrogen-bond donors (Lipinski definition) is 2. The summed E-state index contributed by atoms with van der Waals surface area (Å²) >= 11 is 7.68. The van der Waals surface area contributed by atoms with Gasteiger partial charge in [0.15, 0.2) is 0 Å². The smallest absolute Gasteiger partial charge is 0.261 e. The van der Waals surface area contributed by atoms with Crippen molar-refractivity contribution in [1.82, 2.24) is 0 Å². The minimum absolute atomic E-state index is 0.0970. The molecule has 3 aromatic rings. The lowest BCUT2D eigenvalue weighted by Gasteiger charge is -2.12. The van der Waals surface area contributed by atoms with Crippen LogP contribution in [0.2, 0.25) is 5.02 Å². The van der Waals surface area contributed by atoms with Crippen LogP contribution in [0.5, 0.6) is 0 Å². The summed E-state index contributed by atoms with van der Waals surface area (Å²) in [7, 11) is -3.77. The number of carbonyl (C=O) groups is 1. The van der Waals surface area contributed by atoms with Gasteiger partial charge in [-0.25, -0.2) is 8.42 Å². The van der Waals surface area contributed by atoms with Crippen molar-refractivity contribution in [3.05, 3.63) is 82.9 Å². The molecule has 0 atom stereocenters. The lowest BCUT2D eigenvalue weighted by atomic mass is 10.2. The molecule has 0 bridgehead atoms. The Kier molecular flexibility index (Phi) is 7.64. The van der Waals surface area contributed by atoms with E-state index in [9.17, 15) is 13.2 Å². The average molecular weight is 475 g/mol. The van der Waals surface area contributed by atoms with Crippen molar-refractivity contribution in [1.29, 1.82) is 0 Å². The summed E-state index contributed by atoms with van der Waals surface area (Å²) in [5.74, 6) is 0.535. The molecule has 3 rings (SSSR count). The third-order valence-electron chi connectivity index (χ3n) is 4.58. The van der Waals surface area contributed by atoms with Gasteiger partial charge in [0.1, 0.15) is 0 Å². The van der Waals surface area contributed by atoms with Crippen LogP contribution in [0, 0.1) is 13.8 Å². The molecular formula is C23H23ClN2O3S2. The summed E-state index contributed by atoms with van der Waals surface area (Å²) in [6.07, 6.45) is 0.355. The van der Waals surface area contributed by atoms with Gasteiger partial charge in [-0.05, 0) is 67.9 Å². The molecule has 0 fully saturated rings. The minimum Gasteiger partial charge on any atom is -0.326 e. The zero-order valence-electron chi connectivity index (χ0n) is 17.2. The van der Waals surface area contributed by atoms with Gasteiger partial charge < -0.3 is 5.32 Å². The van der Waals surface area contributed by atoms with Crippen LogP contribution in [-0.2, 0) is 14.8 Å². The van der Waals surface area contributed by atoms with E-state index in [1.165, 1.54) is 17.7 Å². The molecule has 0 aliphatic rings. The van der Waals surface area contributed by atoms with Gasteiger partial charge in [0.2, 0.25) is 5.91 Å². The number of amides is 1. The number of halogens is 1. The Hall–Kier alpha value is -2.48. The number of aryl methyl sites for hydroxylation is 1. The first-order valence-electron chi connectivity index (χ1n) is 9.62. The van der Waals surface area contributed by atoms with E-state index in [1.54, 1.807) is 49.0 Å². The SMILES string of the molecule is Cc1ccc(SCCC(=O)Nc2ccc(S(=O)(=O)Nc3cccc(Cl)c3C)cc2)cc1. The van der Waals surface area contributed by atoms with Gasteiger partial charge in [0.25, 0.3) is 10.0 Å². The van der Waals surface area contributed by atoms with Crippen molar-refractivity contribution in [3.8, 4) is 0 Å². The molecule has 0 unspecified atom stereocenters. The van der Waals surface area contributed by atoms with Crippen LogP contribution in [0.3, 0.4) is 0 Å². The van der Waals surface area contributed by atoms with E-state index in [2.05, 4.69) is 10.0 Å². The Balaban J connectivity index is 1.55. The zero-order chi connectivity index (χ0) is 22.4. The number of anilines is 2. The molecule has 0 saturated carbocycles. The maximum absolute atomic E-state index is 12.7. The summed E-state index contributed by atoms with van der Waals surface area (Å²) in [6, 6.07) is 19.3. The van der Waals surface area contributed by atoms with Crippen LogP contribution in [0.25, 0.3) is 0 Å². The van der Waals surface area contributed by atoms with E-state index in [1.807, 2.05) is 31.2 Å². The van der Waals surface area contributed by atoms with Crippen LogP contribution in [0.1, 0.15) is 17.5 Å². The third kappa shape index (κ3) is 6.50. The second kappa shape index (κ2) is 10.2. The molecule has 1 amide bonds. The fourth-order valence-electron chi connectivity index (χ4n) is 2.76. The predicted octanol–water partition coefficient (Wildman–Crippen LogP) is 5.88. The number of benzene rings is 3. The molecule has 0 radical (unpaired) electrons. The third-order valence-corrected chi connectivity index (χ3v) is 7.38. The predicted molar refractivity (Wildman–Crippen MR) is 129 cm³/mol. The molecule has 5 nitrogen and oxygen atoms in total. The number of nitrogens with one attached hydrogen (secondary N) is 2. The van der Waals surface area contributed by atoms with E-state index < -0.39 is 10.0 Å². The fourth-order valence-corrected chi connectivity index (χ4v) is 4.91. The standard InChI is InChI=1S/C23H23ClN2O3S2/c1-16-6-10-19(11-7-16)30-15-14-23(27)25-18-8-12-20(13-9-18)31(28,29)26-22-5-3-4-21(24)17(22)2/h3-13,26H,14-15H2,1-2H3,(H,25,27). The zero-order valence-corrected chi connectivity index (χ0v) is 19.6. The molecule has 0 spiro atoms. The van der Waals surface area contributed by atoms with E-state index >= 15 is 0 Å². The highest BCUT2D eigenvalue weighted by Crippen LogP contribution is 2.26. The normalized spacial score (nSPS) is 11.2. The Morgan fingerprint density at radius 1 is 0.968 bits per heavy atom. The summed E-state index contributed by atoms with van der Waals surface area (Å²) in [5, 5.41) is 3.28. The molecule has 0 aliphatic heterocycles. The quantitative estimate of drug-likeness (QED) is 0.400. The van der Waals surface area contributed by atoms with Crippen molar-refractivity contribution < 1.29 is 13.2 Å². The molecule has 0 saturated heterocycles.